The predicted molar refractivity (Wildman–Crippen MR) is 125 cm³/mol. The molecule has 1 amide bonds. The topological polar surface area (TPSA) is 32.3 Å². The fourth-order valence-electron chi connectivity index (χ4n) is 4.47. The van der Waals surface area contributed by atoms with E-state index in [4.69, 9.17) is 0 Å². The number of hydrogen-bond donors (Lipinski definition) is 1. The maximum atomic E-state index is 13.5. The number of anilines is 2. The molecule has 1 heterocycles. The number of fused-ring (bicyclic) bond motifs is 1. The Morgan fingerprint density at radius 3 is 2.37 bits per heavy atom. The Kier molecular flexibility index (Phi) is 5.63. The summed E-state index contributed by atoms with van der Waals surface area (Å²) in [6, 6.07) is 23.0. The lowest BCUT2D eigenvalue weighted by Gasteiger charge is -2.41. The van der Waals surface area contributed by atoms with Crippen molar-refractivity contribution in [1.82, 2.24) is 0 Å². The SMILES string of the molecule is CCc1ccc(C(=O)N2c3c(C)cccc3[C@H](Nc3ccccc3C)C[C@H]2C)cc1. The van der Waals surface area contributed by atoms with Crippen LogP contribution in [0.25, 0.3) is 0 Å². The summed E-state index contributed by atoms with van der Waals surface area (Å²) in [6.07, 6.45) is 1.84. The monoisotopic (exact) mass is 398 g/mol. The van der Waals surface area contributed by atoms with Crippen LogP contribution in [0, 0.1) is 13.8 Å². The minimum atomic E-state index is 0.0787. The normalized spacial score (nSPS) is 18.1. The Bertz CT molecular complexity index is 1050. The summed E-state index contributed by atoms with van der Waals surface area (Å²) >= 11 is 0. The fourth-order valence-corrected chi connectivity index (χ4v) is 4.47. The van der Waals surface area contributed by atoms with Crippen molar-refractivity contribution in [3.8, 4) is 0 Å². The molecule has 3 aromatic rings. The van der Waals surface area contributed by atoms with Gasteiger partial charge in [-0.25, -0.2) is 0 Å². The van der Waals surface area contributed by atoms with Crippen molar-refractivity contribution in [1.29, 1.82) is 0 Å². The second-order valence-electron chi connectivity index (χ2n) is 8.33. The van der Waals surface area contributed by atoms with E-state index in [1.807, 2.05) is 17.0 Å². The first kappa shape index (κ1) is 20.2. The number of benzene rings is 3. The van der Waals surface area contributed by atoms with E-state index in [1.165, 1.54) is 16.7 Å². The molecule has 0 bridgehead atoms. The lowest BCUT2D eigenvalue weighted by atomic mass is 9.88. The molecule has 0 saturated heterocycles. The van der Waals surface area contributed by atoms with Crippen molar-refractivity contribution in [2.75, 3.05) is 10.2 Å². The molecule has 1 aliphatic heterocycles. The van der Waals surface area contributed by atoms with E-state index in [9.17, 15) is 4.79 Å². The summed E-state index contributed by atoms with van der Waals surface area (Å²) in [5, 5.41) is 3.74. The van der Waals surface area contributed by atoms with Crippen molar-refractivity contribution >= 4 is 17.3 Å². The van der Waals surface area contributed by atoms with Gasteiger partial charge in [-0.3, -0.25) is 4.79 Å². The fraction of sp³-hybridized carbons (Fsp3) is 0.296. The summed E-state index contributed by atoms with van der Waals surface area (Å²) in [5.41, 5.74) is 7.75. The zero-order chi connectivity index (χ0) is 21.3. The summed E-state index contributed by atoms with van der Waals surface area (Å²) in [5.74, 6) is 0.0787. The van der Waals surface area contributed by atoms with Crippen LogP contribution in [-0.2, 0) is 6.42 Å². The third-order valence-electron chi connectivity index (χ3n) is 6.21. The first-order chi connectivity index (χ1) is 14.5. The summed E-state index contributed by atoms with van der Waals surface area (Å²) in [4.78, 5) is 15.6. The Morgan fingerprint density at radius 1 is 0.967 bits per heavy atom. The average Bonchev–Trinajstić information content (AvgIpc) is 2.76. The number of aryl methyl sites for hydroxylation is 3. The highest BCUT2D eigenvalue weighted by Gasteiger charge is 2.35. The Labute approximate surface area is 179 Å². The number of hydrogen-bond acceptors (Lipinski definition) is 2. The molecule has 3 nitrogen and oxygen atoms in total. The van der Waals surface area contributed by atoms with Crippen molar-refractivity contribution in [3.05, 3.63) is 94.5 Å². The van der Waals surface area contributed by atoms with Gasteiger partial charge >= 0.3 is 0 Å². The Balaban J connectivity index is 1.72. The highest BCUT2D eigenvalue weighted by Crippen LogP contribution is 2.41. The third-order valence-corrected chi connectivity index (χ3v) is 6.21. The van der Waals surface area contributed by atoms with Gasteiger partial charge in [0.05, 0.1) is 11.7 Å². The molecule has 0 radical (unpaired) electrons. The number of para-hydroxylation sites is 2. The molecular weight excluding hydrogens is 368 g/mol. The first-order valence-corrected chi connectivity index (χ1v) is 10.8. The zero-order valence-electron chi connectivity index (χ0n) is 18.3. The molecule has 154 valence electrons. The molecule has 3 heteroatoms. The van der Waals surface area contributed by atoms with Gasteiger partial charge in [0, 0.05) is 17.3 Å². The molecule has 3 aromatic carbocycles. The van der Waals surface area contributed by atoms with Crippen LogP contribution in [0.5, 0.6) is 0 Å². The second-order valence-corrected chi connectivity index (χ2v) is 8.33. The van der Waals surface area contributed by atoms with Gasteiger partial charge in [-0.05, 0) is 74.1 Å². The van der Waals surface area contributed by atoms with Crippen LogP contribution in [0.1, 0.15) is 58.9 Å². The molecule has 1 N–H and O–H groups in total. The van der Waals surface area contributed by atoms with Gasteiger partial charge < -0.3 is 10.2 Å². The van der Waals surface area contributed by atoms with Gasteiger partial charge in [-0.1, -0.05) is 55.5 Å². The maximum absolute atomic E-state index is 13.5. The quantitative estimate of drug-likeness (QED) is 0.547. The van der Waals surface area contributed by atoms with Gasteiger partial charge in [-0.2, -0.15) is 0 Å². The number of carbonyl (C=O) groups is 1. The molecule has 0 fully saturated rings. The molecule has 0 aliphatic carbocycles. The predicted octanol–water partition coefficient (Wildman–Crippen LogP) is 6.46. The molecule has 4 rings (SSSR count). The first-order valence-electron chi connectivity index (χ1n) is 10.8. The number of amides is 1. The molecule has 2 atom stereocenters. The van der Waals surface area contributed by atoms with Gasteiger partial charge in [-0.15, -0.1) is 0 Å². The van der Waals surface area contributed by atoms with Crippen molar-refractivity contribution in [3.63, 3.8) is 0 Å². The van der Waals surface area contributed by atoms with Crippen LogP contribution >= 0.6 is 0 Å². The van der Waals surface area contributed by atoms with Gasteiger partial charge in [0.1, 0.15) is 0 Å². The number of nitrogens with one attached hydrogen (secondary N) is 1. The minimum Gasteiger partial charge on any atom is -0.378 e. The zero-order valence-corrected chi connectivity index (χ0v) is 18.3. The van der Waals surface area contributed by atoms with E-state index in [0.717, 1.165) is 35.3 Å². The second kappa shape index (κ2) is 8.35. The number of rotatable bonds is 4. The van der Waals surface area contributed by atoms with Crippen LogP contribution in [0.4, 0.5) is 11.4 Å². The molecule has 0 saturated carbocycles. The number of nitrogens with zero attached hydrogens (tertiary/aromatic N) is 1. The average molecular weight is 399 g/mol. The molecule has 30 heavy (non-hydrogen) atoms. The van der Waals surface area contributed by atoms with E-state index >= 15 is 0 Å². The van der Waals surface area contributed by atoms with Crippen molar-refractivity contribution < 1.29 is 4.79 Å². The summed E-state index contributed by atoms with van der Waals surface area (Å²) in [6.45, 7) is 8.51. The highest BCUT2D eigenvalue weighted by molar-refractivity contribution is 6.07. The maximum Gasteiger partial charge on any atom is 0.258 e. The molecule has 0 spiro atoms. The third kappa shape index (κ3) is 3.72. The van der Waals surface area contributed by atoms with E-state index < -0.39 is 0 Å². The molecule has 1 aliphatic rings. The lowest BCUT2D eigenvalue weighted by Crippen LogP contribution is -2.44. The largest absolute Gasteiger partial charge is 0.378 e. The smallest absolute Gasteiger partial charge is 0.258 e. The Hall–Kier alpha value is -3.07. The van der Waals surface area contributed by atoms with Crippen LogP contribution in [-0.4, -0.2) is 11.9 Å². The number of carbonyl (C=O) groups excluding carboxylic acids is 1. The van der Waals surface area contributed by atoms with Gasteiger partial charge in [0.15, 0.2) is 0 Å². The standard InChI is InChI=1S/C27H30N2O/c1-5-21-13-15-22(16-14-21)27(30)29-20(4)17-25(23-11-8-10-19(3)26(23)29)28-24-12-7-6-9-18(24)2/h6-16,20,25,28H,5,17H2,1-4H3/t20-,25-/m1/s1. The lowest BCUT2D eigenvalue weighted by molar-refractivity contribution is 0.0974. The van der Waals surface area contributed by atoms with Crippen molar-refractivity contribution in [2.45, 2.75) is 52.6 Å². The van der Waals surface area contributed by atoms with E-state index in [-0.39, 0.29) is 18.0 Å². The van der Waals surface area contributed by atoms with E-state index in [0.29, 0.717) is 0 Å². The minimum absolute atomic E-state index is 0.0787. The highest BCUT2D eigenvalue weighted by atomic mass is 16.2. The Morgan fingerprint density at radius 2 is 1.67 bits per heavy atom. The van der Waals surface area contributed by atoms with E-state index in [2.05, 4.69) is 87.6 Å². The van der Waals surface area contributed by atoms with Crippen LogP contribution in [0.2, 0.25) is 0 Å². The van der Waals surface area contributed by atoms with Crippen molar-refractivity contribution in [2.24, 2.45) is 0 Å². The summed E-state index contributed by atoms with van der Waals surface area (Å²) in [7, 11) is 0. The molecule has 0 unspecified atom stereocenters. The van der Waals surface area contributed by atoms with E-state index in [1.54, 1.807) is 0 Å². The molecular formula is C27H30N2O. The van der Waals surface area contributed by atoms with Crippen LogP contribution in [0.3, 0.4) is 0 Å². The van der Waals surface area contributed by atoms with Gasteiger partial charge in [0.2, 0.25) is 0 Å². The summed E-state index contributed by atoms with van der Waals surface area (Å²) < 4.78 is 0. The van der Waals surface area contributed by atoms with Crippen LogP contribution < -0.4 is 10.2 Å². The van der Waals surface area contributed by atoms with Gasteiger partial charge in [0.25, 0.3) is 5.91 Å². The molecule has 0 aromatic heterocycles. The van der Waals surface area contributed by atoms with Crippen LogP contribution in [0.15, 0.2) is 66.7 Å².